The van der Waals surface area contributed by atoms with Gasteiger partial charge in [0, 0.05) is 16.5 Å². The third-order valence-corrected chi connectivity index (χ3v) is 5.02. The summed E-state index contributed by atoms with van der Waals surface area (Å²) in [6, 6.07) is 12.2. The molecule has 2 aromatic rings. The fourth-order valence-corrected chi connectivity index (χ4v) is 3.46. The fraction of sp³-hybridized carbons (Fsp3) is 0.409. The first-order valence-corrected chi connectivity index (χ1v) is 9.14. The molecule has 0 bridgehead atoms. The van der Waals surface area contributed by atoms with E-state index in [1.54, 1.807) is 7.11 Å². The minimum atomic E-state index is -0.798. The molecule has 0 spiro atoms. The van der Waals surface area contributed by atoms with E-state index in [-0.39, 0.29) is 0 Å². The third kappa shape index (κ3) is 3.72. The highest BCUT2D eigenvalue weighted by atomic mass is 16.6. The third-order valence-electron chi connectivity index (χ3n) is 5.02. The molecule has 1 aliphatic heterocycles. The highest BCUT2D eigenvalue weighted by Gasteiger charge is 2.41. The molecule has 0 fully saturated rings. The second-order valence-corrected chi connectivity index (χ2v) is 7.96. The van der Waals surface area contributed by atoms with E-state index in [0.717, 1.165) is 16.7 Å². The van der Waals surface area contributed by atoms with Gasteiger partial charge >= 0.3 is 6.09 Å². The summed E-state index contributed by atoms with van der Waals surface area (Å²) in [4.78, 5) is 11.4. The van der Waals surface area contributed by atoms with Gasteiger partial charge in [-0.3, -0.25) is 0 Å². The van der Waals surface area contributed by atoms with Gasteiger partial charge in [-0.2, -0.15) is 0 Å². The lowest BCUT2D eigenvalue weighted by atomic mass is 9.80. The lowest BCUT2D eigenvalue weighted by Gasteiger charge is -2.38. The number of hydrogen-bond donors (Lipinski definition) is 1. The van der Waals surface area contributed by atoms with Crippen LogP contribution in [0, 0.1) is 5.41 Å². The number of rotatable bonds is 4. The van der Waals surface area contributed by atoms with Crippen molar-refractivity contribution >= 4 is 6.09 Å². The molecular weight excluding hydrogens is 342 g/mol. The van der Waals surface area contributed by atoms with Gasteiger partial charge in [-0.15, -0.1) is 0 Å². The molecule has 0 radical (unpaired) electrons. The van der Waals surface area contributed by atoms with Crippen LogP contribution in [0.1, 0.15) is 50.8 Å². The Labute approximate surface area is 160 Å². The number of fused-ring (bicyclic) bond motifs is 1. The summed E-state index contributed by atoms with van der Waals surface area (Å²) in [5.41, 5.74) is 8.93. The van der Waals surface area contributed by atoms with E-state index in [2.05, 4.69) is 32.0 Å². The van der Waals surface area contributed by atoms with E-state index in [4.69, 9.17) is 19.9 Å². The Bertz CT molecular complexity index is 857. The van der Waals surface area contributed by atoms with Gasteiger partial charge in [-0.25, -0.2) is 4.79 Å². The molecule has 0 aromatic heterocycles. The van der Waals surface area contributed by atoms with Crippen LogP contribution >= 0.6 is 0 Å². The molecule has 1 unspecified atom stereocenters. The van der Waals surface area contributed by atoms with Crippen molar-refractivity contribution in [1.29, 1.82) is 0 Å². The Hall–Kier alpha value is -2.69. The zero-order chi connectivity index (χ0) is 19.8. The van der Waals surface area contributed by atoms with Crippen molar-refractivity contribution < 1.29 is 19.0 Å². The number of benzene rings is 2. The van der Waals surface area contributed by atoms with Crippen molar-refractivity contribution in [2.45, 2.75) is 39.7 Å². The fourth-order valence-electron chi connectivity index (χ4n) is 3.46. The van der Waals surface area contributed by atoms with Crippen LogP contribution in [0.4, 0.5) is 4.79 Å². The number of ether oxygens (including phenoxy) is 3. The second-order valence-electron chi connectivity index (χ2n) is 7.96. The van der Waals surface area contributed by atoms with Crippen molar-refractivity contribution in [3.63, 3.8) is 0 Å². The maximum absolute atomic E-state index is 11.4. The maximum atomic E-state index is 11.4. The molecule has 1 heterocycles. The molecule has 5 nitrogen and oxygen atoms in total. The minimum absolute atomic E-state index is 0.397. The van der Waals surface area contributed by atoms with E-state index in [1.165, 1.54) is 5.56 Å². The number of amides is 1. The lowest BCUT2D eigenvalue weighted by molar-refractivity contribution is -0.0177. The predicted molar refractivity (Wildman–Crippen MR) is 105 cm³/mol. The number of carbonyl (C=O) groups is 1. The maximum Gasteiger partial charge on any atom is 0.405 e. The first kappa shape index (κ1) is 19.1. The van der Waals surface area contributed by atoms with Gasteiger partial charge in [0.15, 0.2) is 0 Å². The largest absolute Gasteiger partial charge is 0.496 e. The Morgan fingerprint density at radius 3 is 2.63 bits per heavy atom. The van der Waals surface area contributed by atoms with Crippen LogP contribution in [-0.4, -0.2) is 19.8 Å². The molecule has 1 atom stereocenters. The van der Waals surface area contributed by atoms with Gasteiger partial charge in [-0.1, -0.05) is 52.0 Å². The topological polar surface area (TPSA) is 70.8 Å². The highest BCUT2D eigenvalue weighted by molar-refractivity contribution is 5.74. The molecule has 1 amide bonds. The molecule has 0 saturated heterocycles. The number of hydrogen-bond acceptors (Lipinski definition) is 4. The Balaban J connectivity index is 2.13. The number of methoxy groups -OCH3 is 1. The van der Waals surface area contributed by atoms with Gasteiger partial charge in [0.25, 0.3) is 0 Å². The smallest absolute Gasteiger partial charge is 0.405 e. The Kier molecular flexibility index (Phi) is 5.05. The SMILES string of the molecule is COc1cc2c(cc1-c1cccc(C(C)C)c1)OCC(C)(C)C2OC(N)=O. The van der Waals surface area contributed by atoms with Crippen LogP contribution in [0.15, 0.2) is 36.4 Å². The van der Waals surface area contributed by atoms with Gasteiger partial charge in [0.05, 0.1) is 13.7 Å². The van der Waals surface area contributed by atoms with Crippen LogP contribution in [0.2, 0.25) is 0 Å². The van der Waals surface area contributed by atoms with Crippen LogP contribution < -0.4 is 15.2 Å². The number of carbonyl (C=O) groups excluding carboxylic acids is 1. The zero-order valence-electron chi connectivity index (χ0n) is 16.5. The molecular formula is C22H27NO4. The quantitative estimate of drug-likeness (QED) is 0.819. The summed E-state index contributed by atoms with van der Waals surface area (Å²) in [5.74, 6) is 1.82. The van der Waals surface area contributed by atoms with Crippen LogP contribution in [0.3, 0.4) is 0 Å². The van der Waals surface area contributed by atoms with Crippen LogP contribution in [0.25, 0.3) is 11.1 Å². The first-order valence-electron chi connectivity index (χ1n) is 9.14. The van der Waals surface area contributed by atoms with Crippen molar-refractivity contribution in [3.05, 3.63) is 47.5 Å². The first-order chi connectivity index (χ1) is 12.7. The summed E-state index contributed by atoms with van der Waals surface area (Å²) in [6.45, 7) is 8.72. The normalized spacial score (nSPS) is 17.8. The van der Waals surface area contributed by atoms with Crippen molar-refractivity contribution in [2.24, 2.45) is 11.1 Å². The summed E-state index contributed by atoms with van der Waals surface area (Å²) in [6.07, 6.45) is -1.29. The van der Waals surface area contributed by atoms with Gasteiger partial charge in [0.2, 0.25) is 0 Å². The molecule has 2 aromatic carbocycles. The average molecular weight is 369 g/mol. The summed E-state index contributed by atoms with van der Waals surface area (Å²) in [7, 11) is 1.64. The second kappa shape index (κ2) is 7.14. The monoisotopic (exact) mass is 369 g/mol. The number of nitrogens with two attached hydrogens (primary N) is 1. The molecule has 5 heteroatoms. The van der Waals surface area contributed by atoms with Crippen LogP contribution in [-0.2, 0) is 4.74 Å². The predicted octanol–water partition coefficient (Wildman–Crippen LogP) is 5.04. The number of primary amides is 1. The minimum Gasteiger partial charge on any atom is -0.496 e. The van der Waals surface area contributed by atoms with Crippen LogP contribution in [0.5, 0.6) is 11.5 Å². The van der Waals surface area contributed by atoms with E-state index in [1.807, 2.05) is 32.0 Å². The molecule has 0 saturated carbocycles. The van der Waals surface area contributed by atoms with E-state index in [0.29, 0.717) is 24.0 Å². The van der Waals surface area contributed by atoms with Crippen molar-refractivity contribution in [3.8, 4) is 22.6 Å². The lowest BCUT2D eigenvalue weighted by Crippen LogP contribution is -2.37. The van der Waals surface area contributed by atoms with Crippen molar-refractivity contribution in [1.82, 2.24) is 0 Å². The van der Waals surface area contributed by atoms with Gasteiger partial charge in [0.1, 0.15) is 17.6 Å². The Morgan fingerprint density at radius 2 is 2.00 bits per heavy atom. The molecule has 3 rings (SSSR count). The highest BCUT2D eigenvalue weighted by Crippen LogP contribution is 2.48. The van der Waals surface area contributed by atoms with E-state index < -0.39 is 17.6 Å². The zero-order valence-corrected chi connectivity index (χ0v) is 16.5. The van der Waals surface area contributed by atoms with E-state index in [9.17, 15) is 4.79 Å². The average Bonchev–Trinajstić information content (AvgIpc) is 2.63. The molecule has 27 heavy (non-hydrogen) atoms. The molecule has 0 aliphatic carbocycles. The Morgan fingerprint density at radius 1 is 1.26 bits per heavy atom. The molecule has 144 valence electrons. The van der Waals surface area contributed by atoms with Gasteiger partial charge in [-0.05, 0) is 29.2 Å². The summed E-state index contributed by atoms with van der Waals surface area (Å²) >= 11 is 0. The summed E-state index contributed by atoms with van der Waals surface area (Å²) < 4.78 is 17.1. The molecule has 2 N–H and O–H groups in total. The van der Waals surface area contributed by atoms with Gasteiger partial charge < -0.3 is 19.9 Å². The molecule has 1 aliphatic rings. The summed E-state index contributed by atoms with van der Waals surface area (Å²) in [5, 5.41) is 0. The van der Waals surface area contributed by atoms with E-state index >= 15 is 0 Å². The standard InChI is InChI=1S/C22H27NO4/c1-13(2)14-7-6-8-15(9-14)16-10-19-17(11-18(16)25-5)20(27-21(23)24)22(3,4)12-26-19/h6-11,13,20H,12H2,1-5H3,(H2,23,24). The van der Waals surface area contributed by atoms with Crippen molar-refractivity contribution in [2.75, 3.05) is 13.7 Å².